The van der Waals surface area contributed by atoms with Crippen LogP contribution in [0, 0.1) is 12.3 Å². The molecule has 1 fully saturated rings. The highest BCUT2D eigenvalue weighted by molar-refractivity contribution is 6.15. The first-order chi connectivity index (χ1) is 14.5. The molecular weight excluding hydrogens is 386 g/mol. The predicted molar refractivity (Wildman–Crippen MR) is 108 cm³/mol. The molecule has 3 aliphatic rings. The van der Waals surface area contributed by atoms with E-state index in [9.17, 15) is 14.4 Å². The number of nitrogens with zero attached hydrogens (tertiary/aromatic N) is 2. The molecule has 8 nitrogen and oxygen atoms in total. The van der Waals surface area contributed by atoms with Gasteiger partial charge in [-0.25, -0.2) is 14.6 Å². The van der Waals surface area contributed by atoms with E-state index in [4.69, 9.17) is 15.9 Å². The van der Waals surface area contributed by atoms with Crippen molar-refractivity contribution in [1.82, 2.24) is 4.90 Å². The number of amidine groups is 1. The zero-order valence-electron chi connectivity index (χ0n) is 16.7. The van der Waals surface area contributed by atoms with Gasteiger partial charge in [-0.3, -0.25) is 9.69 Å². The molecule has 1 amide bonds. The number of methoxy groups -OCH3 is 2. The molecule has 1 saturated heterocycles. The first-order valence-corrected chi connectivity index (χ1v) is 9.59. The number of para-hydroxylation sites is 1. The minimum atomic E-state index is -0.774. The van der Waals surface area contributed by atoms with E-state index in [0.29, 0.717) is 25.2 Å². The Morgan fingerprint density at radius 1 is 1.27 bits per heavy atom. The number of carbonyl (C=O) groups is 3. The van der Waals surface area contributed by atoms with Crippen LogP contribution < -0.4 is 5.32 Å². The van der Waals surface area contributed by atoms with Crippen molar-refractivity contribution in [3.8, 4) is 12.3 Å². The summed E-state index contributed by atoms with van der Waals surface area (Å²) < 4.78 is 9.86. The van der Waals surface area contributed by atoms with Crippen molar-refractivity contribution >= 4 is 29.4 Å². The SMILES string of the molecule is C#CCCC(=O)N1CCC23C1=NC(C(=O)OC)=C(C(=O)OC)C2Nc1ccccc13. The number of esters is 2. The number of carbonyl (C=O) groups excluding carboxylic acids is 3. The number of fused-ring (bicyclic) bond motifs is 1. The van der Waals surface area contributed by atoms with Crippen molar-refractivity contribution in [1.29, 1.82) is 0 Å². The lowest BCUT2D eigenvalue weighted by molar-refractivity contribution is -0.139. The van der Waals surface area contributed by atoms with E-state index in [-0.39, 0.29) is 23.6 Å². The first-order valence-electron chi connectivity index (χ1n) is 9.59. The summed E-state index contributed by atoms with van der Waals surface area (Å²) in [7, 11) is 2.47. The molecule has 0 aromatic heterocycles. The summed E-state index contributed by atoms with van der Waals surface area (Å²) in [4.78, 5) is 44.3. The number of rotatable bonds is 4. The maximum absolute atomic E-state index is 12.9. The first kappa shape index (κ1) is 19.7. The number of aliphatic imine (C=N–C) groups is 1. The van der Waals surface area contributed by atoms with Crippen molar-refractivity contribution in [2.75, 3.05) is 26.1 Å². The van der Waals surface area contributed by atoms with Crippen LogP contribution in [0.2, 0.25) is 0 Å². The van der Waals surface area contributed by atoms with Gasteiger partial charge in [0.2, 0.25) is 5.91 Å². The van der Waals surface area contributed by atoms with Crippen LogP contribution in [0.4, 0.5) is 5.69 Å². The van der Waals surface area contributed by atoms with Gasteiger partial charge < -0.3 is 14.8 Å². The molecule has 2 atom stereocenters. The summed E-state index contributed by atoms with van der Waals surface area (Å²) in [5.74, 6) is 1.30. The van der Waals surface area contributed by atoms with Crippen LogP contribution in [0.1, 0.15) is 24.8 Å². The van der Waals surface area contributed by atoms with E-state index in [0.717, 1.165) is 11.3 Å². The number of nitrogens with one attached hydrogen (secondary N) is 1. The molecule has 0 aliphatic carbocycles. The van der Waals surface area contributed by atoms with Crippen molar-refractivity contribution < 1.29 is 23.9 Å². The Labute approximate surface area is 173 Å². The van der Waals surface area contributed by atoms with Gasteiger partial charge in [0.25, 0.3) is 0 Å². The average molecular weight is 407 g/mol. The number of amides is 1. The second-order valence-corrected chi connectivity index (χ2v) is 7.27. The van der Waals surface area contributed by atoms with E-state index in [2.05, 4.69) is 16.2 Å². The van der Waals surface area contributed by atoms with Gasteiger partial charge in [0, 0.05) is 25.1 Å². The molecule has 1 N–H and O–H groups in total. The van der Waals surface area contributed by atoms with E-state index in [1.54, 1.807) is 4.90 Å². The lowest BCUT2D eigenvalue weighted by Gasteiger charge is -2.37. The molecule has 8 heteroatoms. The topological polar surface area (TPSA) is 97.3 Å². The number of benzene rings is 1. The summed E-state index contributed by atoms with van der Waals surface area (Å²) in [6.45, 7) is 0.400. The molecule has 0 bridgehead atoms. The van der Waals surface area contributed by atoms with Crippen LogP contribution in [0.5, 0.6) is 0 Å². The average Bonchev–Trinajstić information content (AvgIpc) is 3.32. The van der Waals surface area contributed by atoms with Crippen LogP contribution >= 0.6 is 0 Å². The molecular formula is C22H21N3O5. The van der Waals surface area contributed by atoms with E-state index >= 15 is 0 Å². The summed E-state index contributed by atoms with van der Waals surface area (Å²) >= 11 is 0. The number of hydrogen-bond acceptors (Lipinski definition) is 7. The fraction of sp³-hybridized carbons (Fsp3) is 0.364. The third kappa shape index (κ3) is 2.62. The molecule has 4 rings (SSSR count). The van der Waals surface area contributed by atoms with E-state index in [1.165, 1.54) is 14.2 Å². The van der Waals surface area contributed by atoms with Gasteiger partial charge in [-0.05, 0) is 18.1 Å². The van der Waals surface area contributed by atoms with Gasteiger partial charge in [0.1, 0.15) is 5.84 Å². The van der Waals surface area contributed by atoms with Gasteiger partial charge in [-0.15, -0.1) is 12.3 Å². The minimum absolute atomic E-state index is 0.0993. The third-order valence-corrected chi connectivity index (χ3v) is 5.91. The normalized spacial score (nSPS) is 23.4. The molecule has 1 spiro atoms. The molecule has 0 radical (unpaired) electrons. The summed E-state index contributed by atoms with van der Waals surface area (Å²) in [5, 5.41) is 3.36. The van der Waals surface area contributed by atoms with Crippen LogP contribution in [-0.4, -0.2) is 55.4 Å². The van der Waals surface area contributed by atoms with Crippen molar-refractivity contribution in [3.63, 3.8) is 0 Å². The van der Waals surface area contributed by atoms with Gasteiger partial charge in [0.15, 0.2) is 5.70 Å². The number of likely N-dealkylation sites (tertiary alicyclic amines) is 1. The fourth-order valence-corrected chi connectivity index (χ4v) is 4.62. The minimum Gasteiger partial charge on any atom is -0.466 e. The fourth-order valence-electron chi connectivity index (χ4n) is 4.62. The Bertz CT molecular complexity index is 1050. The second kappa shape index (κ2) is 7.34. The van der Waals surface area contributed by atoms with E-state index in [1.807, 2.05) is 24.3 Å². The maximum atomic E-state index is 12.9. The monoisotopic (exact) mass is 407 g/mol. The van der Waals surface area contributed by atoms with Crippen LogP contribution in [0.25, 0.3) is 0 Å². The highest BCUT2D eigenvalue weighted by atomic mass is 16.5. The Kier molecular flexibility index (Phi) is 4.82. The number of terminal acetylenes is 1. The van der Waals surface area contributed by atoms with Crippen molar-refractivity contribution in [3.05, 3.63) is 41.1 Å². The van der Waals surface area contributed by atoms with Gasteiger partial charge in [-0.2, -0.15) is 0 Å². The Morgan fingerprint density at radius 3 is 2.70 bits per heavy atom. The Hall–Kier alpha value is -3.60. The smallest absolute Gasteiger partial charge is 0.357 e. The molecule has 1 aromatic carbocycles. The quantitative estimate of drug-likeness (QED) is 0.598. The zero-order valence-corrected chi connectivity index (χ0v) is 16.7. The van der Waals surface area contributed by atoms with Crippen molar-refractivity contribution in [2.45, 2.75) is 30.7 Å². The van der Waals surface area contributed by atoms with Gasteiger partial charge in [0.05, 0.1) is 31.2 Å². The highest BCUT2D eigenvalue weighted by Crippen LogP contribution is 2.53. The van der Waals surface area contributed by atoms with Gasteiger partial charge >= 0.3 is 11.9 Å². The predicted octanol–water partition coefficient (Wildman–Crippen LogP) is 1.38. The van der Waals surface area contributed by atoms with E-state index < -0.39 is 23.4 Å². The highest BCUT2D eigenvalue weighted by Gasteiger charge is 2.61. The summed E-state index contributed by atoms with van der Waals surface area (Å²) in [6.07, 6.45) is 6.34. The number of hydrogen-bond donors (Lipinski definition) is 1. The largest absolute Gasteiger partial charge is 0.466 e. The van der Waals surface area contributed by atoms with Crippen molar-refractivity contribution in [2.24, 2.45) is 4.99 Å². The van der Waals surface area contributed by atoms with Crippen LogP contribution in [0.3, 0.4) is 0 Å². The Morgan fingerprint density at radius 2 is 2.00 bits per heavy atom. The number of anilines is 1. The standard InChI is InChI=1S/C22H21N3O5/c1-4-5-10-15(26)25-12-11-22-13-8-6-7-9-14(13)23-18(22)16(19(27)29-2)17(20(28)30-3)24-21(22)25/h1,6-9,18,23H,5,10-12H2,2-3H3. The molecule has 0 saturated carbocycles. The molecule has 3 aliphatic heterocycles. The number of ether oxygens (including phenoxy) is 2. The summed E-state index contributed by atoms with van der Waals surface area (Å²) in [6, 6.07) is 7.01. The second-order valence-electron chi connectivity index (χ2n) is 7.27. The Balaban J connectivity index is 1.94. The lowest BCUT2D eigenvalue weighted by atomic mass is 9.70. The molecule has 1 aromatic rings. The summed E-state index contributed by atoms with van der Waals surface area (Å²) in [5.41, 5.74) is 0.912. The lowest BCUT2D eigenvalue weighted by Crippen LogP contribution is -2.52. The molecule has 3 heterocycles. The molecule has 2 unspecified atom stereocenters. The van der Waals surface area contributed by atoms with Gasteiger partial charge in [-0.1, -0.05) is 18.2 Å². The van der Waals surface area contributed by atoms with Crippen LogP contribution in [0.15, 0.2) is 40.5 Å². The maximum Gasteiger partial charge on any atom is 0.357 e. The van der Waals surface area contributed by atoms with Crippen LogP contribution in [-0.2, 0) is 29.3 Å². The zero-order chi connectivity index (χ0) is 21.5. The third-order valence-electron chi connectivity index (χ3n) is 5.91. The molecule has 154 valence electrons. The molecule has 30 heavy (non-hydrogen) atoms.